The molecule has 0 aromatic heterocycles. The van der Waals surface area contributed by atoms with Crippen molar-refractivity contribution in [2.24, 2.45) is 17.3 Å². The van der Waals surface area contributed by atoms with Crippen molar-refractivity contribution in [2.45, 2.75) is 107 Å². The minimum absolute atomic E-state index is 0.0104. The molecule has 290 valence electrons. The van der Waals surface area contributed by atoms with Crippen molar-refractivity contribution in [2.75, 3.05) is 37.9 Å². The number of hydrogen-bond donors (Lipinski definition) is 1. The molecule has 0 radical (unpaired) electrons. The maximum Gasteiger partial charge on any atom is 0.435 e. The van der Waals surface area contributed by atoms with E-state index in [1.807, 2.05) is 6.92 Å². The third-order valence-electron chi connectivity index (χ3n) is 11.1. The molecule has 3 aliphatic carbocycles. The molecule has 3 fully saturated rings. The quantitative estimate of drug-likeness (QED) is 0.136. The number of amides is 1. The molecule has 6 nitrogen and oxygen atoms in total. The van der Waals surface area contributed by atoms with E-state index < -0.39 is 67.2 Å². The van der Waals surface area contributed by atoms with Crippen LogP contribution in [0, 0.1) is 23.1 Å². The minimum atomic E-state index is -6.78. The van der Waals surface area contributed by atoms with Gasteiger partial charge in [-0.05, 0) is 104 Å². The largest absolute Gasteiger partial charge is 0.435 e. The van der Waals surface area contributed by atoms with Crippen LogP contribution in [0.15, 0.2) is 12.1 Å². The Bertz CT molecular complexity index is 1340. The SMILES string of the molecule is C[C@]12CCC3c4cc(F)c(OC(=O)N(CCCO)C5CCSSC5)cc4CC[C@H]3[C@@H]1CC[C@@H]2OCCCOC(C(F)(F)F)(C(F)(F)F)C(F)(F)F. The number of carbonyl (C=O) groups excluding carboxylic acids is 1. The Balaban J connectivity index is 1.20. The highest BCUT2D eigenvalue weighted by Gasteiger charge is 2.85. The van der Waals surface area contributed by atoms with Crippen molar-refractivity contribution < 1.29 is 68.0 Å². The topological polar surface area (TPSA) is 68.2 Å². The first kappa shape index (κ1) is 40.6. The van der Waals surface area contributed by atoms with Gasteiger partial charge < -0.3 is 24.2 Å². The van der Waals surface area contributed by atoms with E-state index in [2.05, 4.69) is 4.74 Å². The predicted molar refractivity (Wildman–Crippen MR) is 170 cm³/mol. The smallest absolute Gasteiger partial charge is 0.407 e. The van der Waals surface area contributed by atoms with Crippen LogP contribution >= 0.6 is 21.6 Å². The molecule has 4 aliphatic rings. The second-order valence-electron chi connectivity index (χ2n) is 13.9. The zero-order chi connectivity index (χ0) is 37.4. The number of aliphatic hydroxyl groups is 1. The highest BCUT2D eigenvalue weighted by atomic mass is 33.1. The van der Waals surface area contributed by atoms with Crippen molar-refractivity contribution in [1.29, 1.82) is 0 Å². The summed E-state index contributed by atoms with van der Waals surface area (Å²) < 4.78 is 149. The fourth-order valence-electron chi connectivity index (χ4n) is 8.63. The highest BCUT2D eigenvalue weighted by Crippen LogP contribution is 2.62. The number of benzene rings is 1. The van der Waals surface area contributed by atoms with Crippen LogP contribution in [-0.4, -0.2) is 90.2 Å². The van der Waals surface area contributed by atoms with Crippen molar-refractivity contribution in [3.8, 4) is 5.75 Å². The monoisotopic (exact) mass is 785 g/mol. The van der Waals surface area contributed by atoms with Crippen molar-refractivity contribution in [1.82, 2.24) is 4.90 Å². The third kappa shape index (κ3) is 7.95. The molecule has 0 spiro atoms. The molecule has 51 heavy (non-hydrogen) atoms. The summed E-state index contributed by atoms with van der Waals surface area (Å²) in [6.45, 7) is 0.327. The Morgan fingerprint density at radius 3 is 2.27 bits per heavy atom. The lowest BCUT2D eigenvalue weighted by molar-refractivity contribution is -0.457. The van der Waals surface area contributed by atoms with Crippen LogP contribution in [0.3, 0.4) is 0 Å². The molecule has 1 saturated heterocycles. The normalized spacial score (nSPS) is 28.5. The number of alkyl halides is 9. The number of aliphatic hydroxyl groups excluding tert-OH is 1. The van der Waals surface area contributed by atoms with Gasteiger partial charge in [0.15, 0.2) is 11.6 Å². The van der Waals surface area contributed by atoms with Gasteiger partial charge in [0, 0.05) is 37.3 Å². The summed E-state index contributed by atoms with van der Waals surface area (Å²) in [5, 5.41) is 9.34. The van der Waals surface area contributed by atoms with Gasteiger partial charge in [-0.1, -0.05) is 28.5 Å². The third-order valence-corrected chi connectivity index (χ3v) is 13.6. The van der Waals surface area contributed by atoms with E-state index in [0.717, 1.165) is 29.7 Å². The van der Waals surface area contributed by atoms with Crippen LogP contribution in [0.5, 0.6) is 5.75 Å². The number of rotatable bonds is 11. The first-order chi connectivity index (χ1) is 23.9. The van der Waals surface area contributed by atoms with E-state index in [9.17, 15) is 49.4 Å². The van der Waals surface area contributed by atoms with Crippen LogP contribution in [0.4, 0.5) is 48.7 Å². The summed E-state index contributed by atoms with van der Waals surface area (Å²) in [4.78, 5) is 14.8. The van der Waals surface area contributed by atoms with Crippen molar-refractivity contribution in [3.63, 3.8) is 0 Å². The molecule has 2 saturated carbocycles. The Hall–Kier alpha value is -1.63. The standard InChI is InChI=1S/C33H41F10NO5S2/c1-29-10-8-21-22(24(29)6-7-27(29)47-13-3-14-48-30(31(35,36)37,32(38,39)40)33(41,42)43)5-4-19-16-26(25(34)17-23(19)21)49-28(46)44(11-2-12-45)20-9-15-50-51-18-20/h16-17,20-22,24,27,45H,2-15,18H2,1H3/t20?,21?,22-,24+,27+,29+/m1/s1. The number of aryl methyl sites for hydroxylation is 1. The van der Waals surface area contributed by atoms with Crippen LogP contribution in [0.1, 0.15) is 75.3 Å². The van der Waals surface area contributed by atoms with E-state index in [1.165, 1.54) is 6.07 Å². The molecule has 0 bridgehead atoms. The van der Waals surface area contributed by atoms with Crippen molar-refractivity contribution in [3.05, 3.63) is 29.1 Å². The lowest BCUT2D eigenvalue weighted by Gasteiger charge is -2.50. The summed E-state index contributed by atoms with van der Waals surface area (Å²) in [5.74, 6) is 1.02. The molecular formula is C33H41F10NO5S2. The first-order valence-electron chi connectivity index (χ1n) is 17.0. The van der Waals surface area contributed by atoms with E-state index in [-0.39, 0.29) is 42.7 Å². The Morgan fingerprint density at radius 1 is 0.941 bits per heavy atom. The van der Waals surface area contributed by atoms with Crippen LogP contribution < -0.4 is 4.74 Å². The summed E-state index contributed by atoms with van der Waals surface area (Å²) >= 11 is 0. The molecule has 18 heteroatoms. The number of fused-ring (bicyclic) bond motifs is 5. The average Bonchev–Trinajstić information content (AvgIpc) is 3.38. The number of halogens is 10. The molecule has 1 heterocycles. The van der Waals surface area contributed by atoms with Gasteiger partial charge in [0.25, 0.3) is 0 Å². The van der Waals surface area contributed by atoms with Crippen LogP contribution in [0.2, 0.25) is 0 Å². The second-order valence-corrected chi connectivity index (χ2v) is 16.6. The van der Waals surface area contributed by atoms with E-state index >= 15 is 4.39 Å². The molecule has 1 aromatic rings. The minimum Gasteiger partial charge on any atom is -0.407 e. The zero-order valence-corrected chi connectivity index (χ0v) is 29.4. The molecule has 1 aliphatic heterocycles. The maximum absolute atomic E-state index is 15.6. The maximum atomic E-state index is 15.6. The van der Waals surface area contributed by atoms with Crippen LogP contribution in [0.25, 0.3) is 0 Å². The second kappa shape index (κ2) is 15.6. The Labute approximate surface area is 297 Å². The fourth-order valence-corrected chi connectivity index (χ4v) is 11.1. The molecule has 5 rings (SSSR count). The van der Waals surface area contributed by atoms with Gasteiger partial charge in [-0.25, -0.2) is 9.18 Å². The first-order valence-corrected chi connectivity index (χ1v) is 19.5. The summed E-state index contributed by atoms with van der Waals surface area (Å²) in [5.41, 5.74) is -4.99. The molecule has 1 N–H and O–H groups in total. The van der Waals surface area contributed by atoms with Gasteiger partial charge in [0.2, 0.25) is 0 Å². The average molecular weight is 786 g/mol. The van der Waals surface area contributed by atoms with Gasteiger partial charge >= 0.3 is 30.2 Å². The van der Waals surface area contributed by atoms with E-state index in [1.54, 1.807) is 32.6 Å². The number of nitrogens with zero attached hydrogens (tertiary/aromatic N) is 1. The summed E-state index contributed by atoms with van der Waals surface area (Å²) in [6, 6.07) is 2.95. The zero-order valence-electron chi connectivity index (χ0n) is 27.8. The van der Waals surface area contributed by atoms with Crippen molar-refractivity contribution >= 4 is 27.7 Å². The highest BCUT2D eigenvalue weighted by molar-refractivity contribution is 8.76. The lowest BCUT2D eigenvalue weighted by atomic mass is 9.55. The predicted octanol–water partition coefficient (Wildman–Crippen LogP) is 9.24. The van der Waals surface area contributed by atoms with Gasteiger partial charge in [-0.2, -0.15) is 39.5 Å². The molecule has 6 atom stereocenters. The Kier molecular flexibility index (Phi) is 12.4. The summed E-state index contributed by atoms with van der Waals surface area (Å²) in [7, 11) is 3.37. The number of ether oxygens (including phenoxy) is 3. The molecule has 2 unspecified atom stereocenters. The van der Waals surface area contributed by atoms with Gasteiger partial charge in [0.05, 0.1) is 12.7 Å². The molecular weight excluding hydrogens is 744 g/mol. The summed E-state index contributed by atoms with van der Waals surface area (Å²) in [6.07, 6.45) is -17.0. The number of hydrogen-bond acceptors (Lipinski definition) is 7. The van der Waals surface area contributed by atoms with Gasteiger partial charge in [-0.3, -0.25) is 0 Å². The van der Waals surface area contributed by atoms with Gasteiger partial charge in [-0.15, -0.1) is 0 Å². The molecule has 1 aromatic carbocycles. The van der Waals surface area contributed by atoms with Gasteiger partial charge in [0.1, 0.15) is 0 Å². The fraction of sp³-hybridized carbons (Fsp3) is 0.788. The van der Waals surface area contributed by atoms with Crippen LogP contribution in [-0.2, 0) is 15.9 Å². The van der Waals surface area contributed by atoms with E-state index in [0.29, 0.717) is 44.3 Å². The number of carbonyl (C=O) groups is 1. The molecule has 1 amide bonds. The Morgan fingerprint density at radius 2 is 1.65 bits per heavy atom. The van der Waals surface area contributed by atoms with E-state index in [4.69, 9.17) is 9.47 Å². The lowest BCUT2D eigenvalue weighted by Crippen LogP contribution is -2.67.